The molecule has 228 valence electrons. The van der Waals surface area contributed by atoms with Crippen LogP contribution in [0.25, 0.3) is 0 Å². The lowest BCUT2D eigenvalue weighted by molar-refractivity contribution is -0.148. The van der Waals surface area contributed by atoms with E-state index in [1.165, 1.54) is 0 Å². The largest absolute Gasteiger partial charge is 0.510 e. The van der Waals surface area contributed by atoms with Crippen LogP contribution in [0.4, 0.5) is 5.69 Å². The number of likely N-dealkylation sites (N-methyl/N-ethyl adjacent to an activating group) is 1. The first-order valence-electron chi connectivity index (χ1n) is 14.2. The molecule has 12 nitrogen and oxygen atoms in total. The minimum atomic E-state index is -2.66. The number of carbonyl (C=O) groups excluding carboxylic acids is 3. The molecule has 12 heteroatoms. The first-order chi connectivity index (χ1) is 19.7. The monoisotopic (exact) mass is 584 g/mol. The van der Waals surface area contributed by atoms with Crippen molar-refractivity contribution in [3.05, 3.63) is 45.4 Å². The number of amides is 1. The summed E-state index contributed by atoms with van der Waals surface area (Å²) < 4.78 is 5.41. The van der Waals surface area contributed by atoms with Crippen LogP contribution < -0.4 is 10.6 Å². The Morgan fingerprint density at radius 3 is 2.48 bits per heavy atom. The fourth-order valence-corrected chi connectivity index (χ4v) is 7.76. The van der Waals surface area contributed by atoms with Crippen molar-refractivity contribution >= 4 is 23.2 Å². The Balaban J connectivity index is 1.65. The molecule has 1 aromatic rings. The molecule has 1 aromatic carbocycles. The third-order valence-corrected chi connectivity index (χ3v) is 9.45. The summed E-state index contributed by atoms with van der Waals surface area (Å²) in [6.45, 7) is 2.02. The predicted molar refractivity (Wildman–Crippen MR) is 153 cm³/mol. The van der Waals surface area contributed by atoms with E-state index in [9.17, 15) is 34.8 Å². The number of hydrogen-bond donors (Lipinski definition) is 5. The second-order valence-electron chi connectivity index (χ2n) is 12.3. The number of phenolic OH excluding ortho intramolecular Hbond substituents is 1. The number of benzene rings is 1. The molecule has 1 aliphatic heterocycles. The number of Topliss-reactive ketones (excluding diaryl/α,β-unsaturated/α-hetero) is 2. The molecule has 5 atom stereocenters. The van der Waals surface area contributed by atoms with Crippen LogP contribution in [0.5, 0.6) is 5.75 Å². The van der Waals surface area contributed by atoms with E-state index < -0.39 is 58.0 Å². The van der Waals surface area contributed by atoms with E-state index in [0.29, 0.717) is 18.7 Å². The number of aliphatic hydroxyl groups is 3. The fraction of sp³-hybridized carbons (Fsp3) is 0.567. The van der Waals surface area contributed by atoms with E-state index >= 15 is 0 Å². The Morgan fingerprint density at radius 1 is 1.19 bits per heavy atom. The van der Waals surface area contributed by atoms with Crippen LogP contribution in [0.1, 0.15) is 40.7 Å². The van der Waals surface area contributed by atoms with Gasteiger partial charge in [0.2, 0.25) is 5.78 Å². The van der Waals surface area contributed by atoms with Crippen LogP contribution in [0.3, 0.4) is 0 Å². The number of aliphatic hydroxyl groups excluding tert-OH is 2. The van der Waals surface area contributed by atoms with Gasteiger partial charge in [-0.2, -0.15) is 0 Å². The van der Waals surface area contributed by atoms with Crippen molar-refractivity contribution < 1.29 is 39.5 Å². The average molecular weight is 585 g/mol. The van der Waals surface area contributed by atoms with Gasteiger partial charge in [-0.15, -0.1) is 0 Å². The number of aromatic hydroxyl groups is 1. The van der Waals surface area contributed by atoms with E-state index in [4.69, 9.17) is 10.5 Å². The second kappa shape index (κ2) is 10.7. The SMILES string of the molecule is COC[C@H]1CCCN1Cc1cc(O)c2c(c1N(C)C)C[C@H]1C[C@H]3[C@H](N(C)C)C(O)=C(C(N)=O)C(=O)[C@@]3(O)C(O)=C1C2=O. The number of anilines is 1. The third-order valence-electron chi connectivity index (χ3n) is 9.45. The van der Waals surface area contributed by atoms with E-state index in [2.05, 4.69) is 4.90 Å². The van der Waals surface area contributed by atoms with Gasteiger partial charge in [0.25, 0.3) is 5.91 Å². The molecular formula is C30H40N4O8. The molecule has 3 aliphatic carbocycles. The summed E-state index contributed by atoms with van der Waals surface area (Å²) in [6.07, 6.45) is 2.33. The minimum Gasteiger partial charge on any atom is -0.510 e. The molecule has 0 unspecified atom stereocenters. The van der Waals surface area contributed by atoms with Crippen molar-refractivity contribution in [2.75, 3.05) is 53.4 Å². The summed E-state index contributed by atoms with van der Waals surface area (Å²) >= 11 is 0. The van der Waals surface area contributed by atoms with Crippen LogP contribution in [0.2, 0.25) is 0 Å². The highest BCUT2D eigenvalue weighted by molar-refractivity contribution is 6.24. The summed E-state index contributed by atoms with van der Waals surface area (Å²) in [4.78, 5) is 45.5. The maximum Gasteiger partial charge on any atom is 0.255 e. The molecule has 0 saturated carbocycles. The number of fused-ring (bicyclic) bond motifs is 3. The number of allylic oxidation sites excluding steroid dienone is 1. The number of ketones is 2. The predicted octanol–water partition coefficient (Wildman–Crippen LogP) is 0.797. The van der Waals surface area contributed by atoms with Gasteiger partial charge in [-0.25, -0.2) is 0 Å². The summed E-state index contributed by atoms with van der Waals surface area (Å²) in [7, 11) is 8.63. The zero-order chi connectivity index (χ0) is 30.8. The van der Waals surface area contributed by atoms with E-state index in [1.807, 2.05) is 19.0 Å². The topological polar surface area (TPSA) is 177 Å². The number of rotatable bonds is 7. The van der Waals surface area contributed by atoms with Gasteiger partial charge in [-0.05, 0) is 69.4 Å². The Kier molecular flexibility index (Phi) is 7.63. The maximum atomic E-state index is 14.1. The zero-order valence-electron chi connectivity index (χ0n) is 24.7. The first-order valence-corrected chi connectivity index (χ1v) is 14.2. The van der Waals surface area contributed by atoms with Crippen LogP contribution in [0.15, 0.2) is 28.7 Å². The van der Waals surface area contributed by atoms with Crippen molar-refractivity contribution in [2.45, 2.75) is 49.9 Å². The number of ether oxygens (including phenoxy) is 1. The summed E-state index contributed by atoms with van der Waals surface area (Å²) in [5.41, 5.74) is 4.04. The van der Waals surface area contributed by atoms with Gasteiger partial charge in [0.15, 0.2) is 11.4 Å². The summed E-state index contributed by atoms with van der Waals surface area (Å²) in [6, 6.07) is 0.785. The Bertz CT molecular complexity index is 1420. The molecule has 0 radical (unpaired) electrons. The van der Waals surface area contributed by atoms with Crippen LogP contribution in [-0.4, -0.2) is 114 Å². The van der Waals surface area contributed by atoms with Crippen molar-refractivity contribution in [2.24, 2.45) is 17.6 Å². The number of carbonyl (C=O) groups is 3. The molecule has 0 aromatic heterocycles. The third kappa shape index (κ3) is 4.31. The lowest BCUT2D eigenvalue weighted by atomic mass is 9.58. The number of nitrogens with zero attached hydrogens (tertiary/aromatic N) is 3. The minimum absolute atomic E-state index is 0.0121. The molecule has 6 N–H and O–H groups in total. The number of hydrogen-bond acceptors (Lipinski definition) is 11. The number of likely N-dealkylation sites (tertiary alicyclic amines) is 1. The molecule has 42 heavy (non-hydrogen) atoms. The molecule has 1 fully saturated rings. The lowest BCUT2D eigenvalue weighted by Crippen LogP contribution is -2.63. The Labute approximate surface area is 244 Å². The average Bonchev–Trinajstić information content (AvgIpc) is 3.32. The number of nitrogens with two attached hydrogens (primary N) is 1. The van der Waals surface area contributed by atoms with Crippen LogP contribution >= 0.6 is 0 Å². The van der Waals surface area contributed by atoms with Crippen molar-refractivity contribution in [3.8, 4) is 5.75 Å². The Morgan fingerprint density at radius 2 is 1.88 bits per heavy atom. The van der Waals surface area contributed by atoms with E-state index in [1.54, 1.807) is 32.2 Å². The van der Waals surface area contributed by atoms with Gasteiger partial charge in [0.05, 0.1) is 18.2 Å². The fourth-order valence-electron chi connectivity index (χ4n) is 7.76. The molecular weight excluding hydrogens is 544 g/mol. The van der Waals surface area contributed by atoms with Gasteiger partial charge < -0.3 is 35.8 Å². The Hall–Kier alpha value is -3.45. The van der Waals surface area contributed by atoms with Crippen LogP contribution in [0, 0.1) is 11.8 Å². The zero-order valence-corrected chi connectivity index (χ0v) is 24.7. The smallest absolute Gasteiger partial charge is 0.255 e. The molecule has 0 spiro atoms. The normalized spacial score (nSPS) is 29.6. The standard InChI is InChI=1S/C30H40N4O8/c1-32(2)23-15(12-34-8-6-7-16(34)13-42-5)11-19(35)21-17(23)9-14-10-18-24(33(3)4)26(37)22(29(31)40)28(39)30(18,41)27(38)20(14)25(21)36/h11,14,16,18,24,35,37-38,41H,6-10,12-13H2,1-5H3,(H2,31,40)/t14-,16+,18-,24-,30-/m0/s1. The molecule has 1 amide bonds. The summed E-state index contributed by atoms with van der Waals surface area (Å²) in [5, 5.41) is 45.5. The van der Waals surface area contributed by atoms with Crippen LogP contribution in [-0.2, 0) is 27.3 Å². The molecule has 5 rings (SSSR count). The highest BCUT2D eigenvalue weighted by Crippen LogP contribution is 2.53. The van der Waals surface area contributed by atoms with Gasteiger partial charge in [-0.1, -0.05) is 0 Å². The molecule has 1 saturated heterocycles. The van der Waals surface area contributed by atoms with E-state index in [0.717, 1.165) is 30.6 Å². The maximum absolute atomic E-state index is 14.1. The summed E-state index contributed by atoms with van der Waals surface area (Å²) in [5.74, 6) is -6.58. The van der Waals surface area contributed by atoms with Gasteiger partial charge in [-0.3, -0.25) is 24.2 Å². The number of primary amides is 1. The van der Waals surface area contributed by atoms with Gasteiger partial charge in [0.1, 0.15) is 22.8 Å². The van der Waals surface area contributed by atoms with E-state index in [-0.39, 0.29) is 35.8 Å². The highest BCUT2D eigenvalue weighted by Gasteiger charge is 2.63. The lowest BCUT2D eigenvalue weighted by Gasteiger charge is -2.50. The van der Waals surface area contributed by atoms with Crippen molar-refractivity contribution in [3.63, 3.8) is 0 Å². The van der Waals surface area contributed by atoms with Gasteiger partial charge >= 0.3 is 0 Å². The van der Waals surface area contributed by atoms with Gasteiger partial charge in [0, 0.05) is 51.0 Å². The quantitative estimate of drug-likeness (QED) is 0.286. The number of phenols is 1. The molecule has 4 aliphatic rings. The highest BCUT2D eigenvalue weighted by atomic mass is 16.5. The molecule has 1 heterocycles. The number of methoxy groups -OCH3 is 1. The second-order valence-corrected chi connectivity index (χ2v) is 12.3. The molecule has 0 bridgehead atoms. The van der Waals surface area contributed by atoms with Crippen molar-refractivity contribution in [1.82, 2.24) is 9.80 Å². The van der Waals surface area contributed by atoms with Crippen molar-refractivity contribution in [1.29, 1.82) is 0 Å². The first kappa shape index (κ1) is 30.0.